The topological polar surface area (TPSA) is 40.5 Å². The van der Waals surface area contributed by atoms with Crippen molar-refractivity contribution in [2.45, 2.75) is 12.8 Å². The van der Waals surface area contributed by atoms with Gasteiger partial charge in [-0.05, 0) is 44.6 Å². The molecule has 1 fully saturated rings. The van der Waals surface area contributed by atoms with E-state index in [-0.39, 0.29) is 5.75 Å². The third kappa shape index (κ3) is 4.52. The summed E-state index contributed by atoms with van der Waals surface area (Å²) in [6.45, 7) is 2.33. The lowest BCUT2D eigenvalue weighted by Gasteiger charge is -2.28. The minimum atomic E-state index is -0.696. The van der Waals surface area contributed by atoms with Crippen LogP contribution in [0.3, 0.4) is 0 Å². The number of rotatable bonds is 4. The maximum atomic E-state index is 10.3. The Labute approximate surface area is 83.5 Å². The highest BCUT2D eigenvalue weighted by atomic mass is 32.2. The monoisotopic (exact) mass is 203 g/mol. The maximum absolute atomic E-state index is 10.3. The van der Waals surface area contributed by atoms with Gasteiger partial charge in [-0.2, -0.15) is 0 Å². The molecule has 1 aliphatic rings. The van der Waals surface area contributed by atoms with Crippen LogP contribution in [0, 0.1) is 5.92 Å². The Morgan fingerprint density at radius 1 is 1.54 bits per heavy atom. The first-order valence-electron chi connectivity index (χ1n) is 4.66. The summed E-state index contributed by atoms with van der Waals surface area (Å²) in [6.07, 6.45) is 2.45. The number of aliphatic carboxylic acids is 1. The van der Waals surface area contributed by atoms with Crippen LogP contribution in [0.2, 0.25) is 0 Å². The molecular formula is C9H17NO2S. The molecule has 13 heavy (non-hydrogen) atoms. The summed E-state index contributed by atoms with van der Waals surface area (Å²) in [7, 11) is 2.14. The Morgan fingerprint density at radius 2 is 2.15 bits per heavy atom. The average molecular weight is 203 g/mol. The van der Waals surface area contributed by atoms with Gasteiger partial charge in [0.15, 0.2) is 0 Å². The number of carboxylic acids is 1. The van der Waals surface area contributed by atoms with Crippen molar-refractivity contribution in [3.8, 4) is 0 Å². The molecule has 1 heterocycles. The smallest absolute Gasteiger partial charge is 0.313 e. The number of thioether (sulfide) groups is 1. The van der Waals surface area contributed by atoms with E-state index in [1.54, 1.807) is 11.8 Å². The lowest BCUT2D eigenvalue weighted by atomic mass is 10.00. The van der Waals surface area contributed by atoms with E-state index in [0.717, 1.165) is 24.8 Å². The molecule has 1 saturated heterocycles. The van der Waals surface area contributed by atoms with Crippen molar-refractivity contribution < 1.29 is 9.90 Å². The van der Waals surface area contributed by atoms with Crippen molar-refractivity contribution in [3.05, 3.63) is 0 Å². The molecule has 0 aromatic carbocycles. The minimum absolute atomic E-state index is 0.256. The van der Waals surface area contributed by atoms with Crippen molar-refractivity contribution in [1.82, 2.24) is 4.90 Å². The highest BCUT2D eigenvalue weighted by Crippen LogP contribution is 2.20. The molecule has 0 radical (unpaired) electrons. The molecule has 76 valence electrons. The summed E-state index contributed by atoms with van der Waals surface area (Å²) in [5, 5.41) is 8.46. The number of nitrogens with zero attached hydrogens (tertiary/aromatic N) is 1. The summed E-state index contributed by atoms with van der Waals surface area (Å²) >= 11 is 1.55. The molecular weight excluding hydrogens is 186 g/mol. The third-order valence-electron chi connectivity index (χ3n) is 2.42. The number of piperidine rings is 1. The largest absolute Gasteiger partial charge is 0.481 e. The van der Waals surface area contributed by atoms with E-state index in [0.29, 0.717) is 0 Å². The molecule has 0 atom stereocenters. The van der Waals surface area contributed by atoms with Gasteiger partial charge in [0.1, 0.15) is 0 Å². The lowest BCUT2D eigenvalue weighted by molar-refractivity contribution is -0.133. The number of hydrogen-bond donors (Lipinski definition) is 1. The van der Waals surface area contributed by atoms with Crippen molar-refractivity contribution in [2.24, 2.45) is 5.92 Å². The molecule has 0 amide bonds. The van der Waals surface area contributed by atoms with Gasteiger partial charge in [-0.3, -0.25) is 4.79 Å². The van der Waals surface area contributed by atoms with Gasteiger partial charge in [-0.1, -0.05) is 0 Å². The van der Waals surface area contributed by atoms with Crippen LogP contribution in [0.15, 0.2) is 0 Å². The lowest BCUT2D eigenvalue weighted by Crippen LogP contribution is -2.31. The first-order valence-corrected chi connectivity index (χ1v) is 5.82. The molecule has 4 heteroatoms. The highest BCUT2D eigenvalue weighted by Gasteiger charge is 2.16. The Balaban J connectivity index is 2.05. The highest BCUT2D eigenvalue weighted by molar-refractivity contribution is 7.99. The zero-order valence-corrected chi connectivity index (χ0v) is 8.85. The SMILES string of the molecule is CN1CCC(CSCC(=O)O)CC1. The summed E-state index contributed by atoms with van der Waals surface area (Å²) in [5.41, 5.74) is 0. The fraction of sp³-hybridized carbons (Fsp3) is 0.889. The normalized spacial score (nSPS) is 20.4. The average Bonchev–Trinajstić information content (AvgIpc) is 2.08. The molecule has 3 nitrogen and oxygen atoms in total. The van der Waals surface area contributed by atoms with E-state index >= 15 is 0 Å². The fourth-order valence-corrected chi connectivity index (χ4v) is 2.50. The van der Waals surface area contributed by atoms with E-state index in [1.165, 1.54) is 12.8 Å². The van der Waals surface area contributed by atoms with Crippen molar-refractivity contribution in [1.29, 1.82) is 0 Å². The van der Waals surface area contributed by atoms with Crippen LogP contribution in [-0.2, 0) is 4.79 Å². The van der Waals surface area contributed by atoms with Crippen LogP contribution in [0.1, 0.15) is 12.8 Å². The summed E-state index contributed by atoms with van der Waals surface area (Å²) in [4.78, 5) is 12.6. The number of carboxylic acid groups (broad SMARTS) is 1. The van der Waals surface area contributed by atoms with E-state index in [1.807, 2.05) is 0 Å². The fourth-order valence-electron chi connectivity index (χ4n) is 1.54. The molecule has 1 rings (SSSR count). The second-order valence-electron chi connectivity index (χ2n) is 3.66. The third-order valence-corrected chi connectivity index (χ3v) is 3.58. The Morgan fingerprint density at radius 3 is 2.69 bits per heavy atom. The number of carbonyl (C=O) groups is 1. The van der Waals surface area contributed by atoms with E-state index in [2.05, 4.69) is 11.9 Å². The van der Waals surface area contributed by atoms with Crippen LogP contribution in [0.4, 0.5) is 0 Å². The van der Waals surface area contributed by atoms with Gasteiger partial charge < -0.3 is 10.0 Å². The van der Waals surface area contributed by atoms with E-state index in [4.69, 9.17) is 5.11 Å². The zero-order valence-electron chi connectivity index (χ0n) is 8.03. The van der Waals surface area contributed by atoms with Crippen LogP contribution < -0.4 is 0 Å². The number of hydrogen-bond acceptors (Lipinski definition) is 3. The first kappa shape index (κ1) is 10.9. The summed E-state index contributed by atoms with van der Waals surface area (Å²) in [6, 6.07) is 0. The summed E-state index contributed by atoms with van der Waals surface area (Å²) in [5.74, 6) is 1.31. The van der Waals surface area contributed by atoms with Crippen molar-refractivity contribution in [2.75, 3.05) is 31.6 Å². The van der Waals surface area contributed by atoms with Crippen molar-refractivity contribution >= 4 is 17.7 Å². The molecule has 0 aromatic rings. The predicted molar refractivity (Wildman–Crippen MR) is 55.2 cm³/mol. The molecule has 1 aliphatic heterocycles. The predicted octanol–water partition coefficient (Wildman–Crippen LogP) is 1.15. The van der Waals surface area contributed by atoms with Gasteiger partial charge in [0, 0.05) is 0 Å². The maximum Gasteiger partial charge on any atom is 0.313 e. The van der Waals surface area contributed by atoms with Crippen molar-refractivity contribution in [3.63, 3.8) is 0 Å². The second kappa shape index (κ2) is 5.50. The first-order chi connectivity index (χ1) is 6.18. The van der Waals surface area contributed by atoms with Crippen LogP contribution >= 0.6 is 11.8 Å². The second-order valence-corrected chi connectivity index (χ2v) is 4.69. The van der Waals surface area contributed by atoms with Gasteiger partial charge in [-0.25, -0.2) is 0 Å². The van der Waals surface area contributed by atoms with Crippen LogP contribution in [-0.4, -0.2) is 47.6 Å². The summed E-state index contributed by atoms with van der Waals surface area (Å²) < 4.78 is 0. The van der Waals surface area contributed by atoms with E-state index < -0.39 is 5.97 Å². The number of likely N-dealkylation sites (tertiary alicyclic amines) is 1. The standard InChI is InChI=1S/C9H17NO2S/c1-10-4-2-8(3-5-10)6-13-7-9(11)12/h8H,2-7H2,1H3,(H,11,12). The molecule has 0 bridgehead atoms. The Hall–Kier alpha value is -0.220. The van der Waals surface area contributed by atoms with Gasteiger partial charge in [0.05, 0.1) is 5.75 Å². The Bertz CT molecular complexity index is 167. The Kier molecular flexibility index (Phi) is 4.59. The van der Waals surface area contributed by atoms with Crippen LogP contribution in [0.25, 0.3) is 0 Å². The molecule has 0 spiro atoms. The van der Waals surface area contributed by atoms with Crippen LogP contribution in [0.5, 0.6) is 0 Å². The molecule has 0 saturated carbocycles. The van der Waals surface area contributed by atoms with Gasteiger partial charge >= 0.3 is 5.97 Å². The van der Waals surface area contributed by atoms with Gasteiger partial charge in [0.25, 0.3) is 0 Å². The van der Waals surface area contributed by atoms with E-state index in [9.17, 15) is 4.79 Å². The zero-order chi connectivity index (χ0) is 9.68. The minimum Gasteiger partial charge on any atom is -0.481 e. The molecule has 0 unspecified atom stereocenters. The molecule has 0 aliphatic carbocycles. The molecule has 1 N–H and O–H groups in total. The quantitative estimate of drug-likeness (QED) is 0.744. The van der Waals surface area contributed by atoms with Gasteiger partial charge in [-0.15, -0.1) is 11.8 Å². The van der Waals surface area contributed by atoms with Gasteiger partial charge in [0.2, 0.25) is 0 Å². The molecule has 0 aromatic heterocycles.